The average molecular weight is 400 g/mol. The number of hydrogen-bond donors (Lipinski definition) is 0. The van der Waals surface area contributed by atoms with E-state index in [2.05, 4.69) is 16.9 Å². The van der Waals surface area contributed by atoms with Crippen molar-refractivity contribution in [3.8, 4) is 5.75 Å². The fraction of sp³-hybridized carbons (Fsp3) is 0.545. The van der Waals surface area contributed by atoms with Crippen molar-refractivity contribution in [1.29, 1.82) is 0 Å². The Hall–Kier alpha value is -2.41. The number of benzene rings is 1. The van der Waals surface area contributed by atoms with Gasteiger partial charge in [-0.05, 0) is 50.9 Å². The van der Waals surface area contributed by atoms with Crippen LogP contribution in [0.2, 0.25) is 0 Å². The molecule has 6 nitrogen and oxygen atoms in total. The van der Waals surface area contributed by atoms with Gasteiger partial charge in [-0.3, -0.25) is 14.4 Å². The van der Waals surface area contributed by atoms with Crippen molar-refractivity contribution in [3.05, 3.63) is 47.0 Å². The molecule has 0 aliphatic carbocycles. The van der Waals surface area contributed by atoms with Crippen LogP contribution in [0.3, 0.4) is 0 Å². The lowest BCUT2D eigenvalue weighted by Gasteiger charge is -2.39. The third kappa shape index (κ3) is 3.75. The molecule has 1 aromatic heterocycles. The van der Waals surface area contributed by atoms with Gasteiger partial charge >= 0.3 is 0 Å². The Morgan fingerprint density at radius 2 is 2.03 bits per heavy atom. The fourth-order valence-corrected chi connectivity index (χ4v) is 4.72. The molecule has 1 aromatic carbocycles. The zero-order valence-electron chi connectivity index (χ0n) is 17.4. The quantitative estimate of drug-likeness (QED) is 0.775. The Labute approximate surface area is 171 Å². The van der Waals surface area contributed by atoms with Crippen molar-refractivity contribution in [2.45, 2.75) is 39.3 Å². The summed E-state index contributed by atoms with van der Waals surface area (Å²) in [4.78, 5) is 17.6. The van der Waals surface area contributed by atoms with Crippen molar-refractivity contribution in [1.82, 2.24) is 19.6 Å². The minimum absolute atomic E-state index is 0.163. The third-order valence-corrected chi connectivity index (χ3v) is 6.60. The molecule has 2 saturated heterocycles. The number of methoxy groups -OCH3 is 1. The summed E-state index contributed by atoms with van der Waals surface area (Å²) in [5, 5.41) is 4.33. The van der Waals surface area contributed by atoms with Crippen LogP contribution in [0.15, 0.2) is 24.4 Å². The lowest BCUT2D eigenvalue weighted by Crippen LogP contribution is -2.49. The lowest BCUT2D eigenvalue weighted by molar-refractivity contribution is -0.146. The number of likely N-dealkylation sites (tertiary alicyclic amines) is 2. The second-order valence-corrected chi connectivity index (χ2v) is 8.41. The van der Waals surface area contributed by atoms with E-state index in [0.717, 1.165) is 44.6 Å². The zero-order chi connectivity index (χ0) is 20.6. The molecule has 1 spiro atoms. The summed E-state index contributed by atoms with van der Waals surface area (Å²) in [5.41, 5.74) is 2.54. The van der Waals surface area contributed by atoms with Gasteiger partial charge in [0.15, 0.2) is 0 Å². The molecular weight excluding hydrogens is 371 g/mol. The van der Waals surface area contributed by atoms with E-state index in [0.29, 0.717) is 24.4 Å². The molecule has 2 aliphatic heterocycles. The molecule has 29 heavy (non-hydrogen) atoms. The van der Waals surface area contributed by atoms with Gasteiger partial charge in [0.25, 0.3) is 0 Å². The SMILES string of the molecule is COc1ccc(F)c(CN2CCCC3(CCN(Cc4cnn(C)c4C)C3)C2=O)c1. The molecule has 7 heteroatoms. The Morgan fingerprint density at radius 3 is 2.76 bits per heavy atom. The number of carbonyl (C=O) groups excluding carboxylic acids is 1. The summed E-state index contributed by atoms with van der Waals surface area (Å²) < 4.78 is 21.4. The number of aryl methyl sites for hydroxylation is 1. The number of piperidine rings is 1. The van der Waals surface area contributed by atoms with Gasteiger partial charge in [0, 0.05) is 50.0 Å². The number of amides is 1. The molecule has 0 N–H and O–H groups in total. The summed E-state index contributed by atoms with van der Waals surface area (Å²) in [7, 11) is 3.51. The van der Waals surface area contributed by atoms with Crippen molar-refractivity contribution in [3.63, 3.8) is 0 Å². The van der Waals surface area contributed by atoms with Gasteiger partial charge in [-0.15, -0.1) is 0 Å². The number of rotatable bonds is 5. The maximum Gasteiger partial charge on any atom is 0.230 e. The van der Waals surface area contributed by atoms with E-state index >= 15 is 0 Å². The van der Waals surface area contributed by atoms with E-state index < -0.39 is 0 Å². The molecule has 0 radical (unpaired) electrons. The van der Waals surface area contributed by atoms with Gasteiger partial charge < -0.3 is 9.64 Å². The second kappa shape index (κ2) is 7.78. The van der Waals surface area contributed by atoms with Crippen LogP contribution in [0.25, 0.3) is 0 Å². The molecule has 3 heterocycles. The first-order valence-electron chi connectivity index (χ1n) is 10.2. The van der Waals surface area contributed by atoms with E-state index in [1.165, 1.54) is 11.6 Å². The van der Waals surface area contributed by atoms with E-state index in [9.17, 15) is 9.18 Å². The summed E-state index contributed by atoms with van der Waals surface area (Å²) in [6, 6.07) is 4.70. The van der Waals surface area contributed by atoms with E-state index in [-0.39, 0.29) is 17.1 Å². The summed E-state index contributed by atoms with van der Waals surface area (Å²) in [6.07, 6.45) is 4.64. The smallest absolute Gasteiger partial charge is 0.230 e. The molecule has 0 bridgehead atoms. The Kier molecular flexibility index (Phi) is 5.34. The Balaban J connectivity index is 1.47. The molecule has 4 rings (SSSR count). The van der Waals surface area contributed by atoms with Crippen LogP contribution in [0, 0.1) is 18.2 Å². The predicted molar refractivity (Wildman–Crippen MR) is 108 cm³/mol. The van der Waals surface area contributed by atoms with Gasteiger partial charge in [0.1, 0.15) is 11.6 Å². The van der Waals surface area contributed by atoms with Gasteiger partial charge in [0.2, 0.25) is 5.91 Å². The van der Waals surface area contributed by atoms with Crippen LogP contribution < -0.4 is 4.74 Å². The van der Waals surface area contributed by atoms with Crippen LogP contribution in [0.1, 0.15) is 36.1 Å². The molecule has 1 amide bonds. The summed E-state index contributed by atoms with van der Waals surface area (Å²) in [5.74, 6) is 0.481. The summed E-state index contributed by atoms with van der Waals surface area (Å²) >= 11 is 0. The van der Waals surface area contributed by atoms with Crippen molar-refractivity contribution < 1.29 is 13.9 Å². The molecule has 2 aliphatic rings. The highest BCUT2D eigenvalue weighted by Gasteiger charge is 2.48. The maximum atomic E-state index is 14.3. The van der Waals surface area contributed by atoms with Crippen LogP contribution in [-0.2, 0) is 24.9 Å². The first-order valence-corrected chi connectivity index (χ1v) is 10.2. The highest BCUT2D eigenvalue weighted by Crippen LogP contribution is 2.41. The van der Waals surface area contributed by atoms with Crippen LogP contribution in [0.5, 0.6) is 5.75 Å². The molecule has 1 atom stereocenters. The maximum absolute atomic E-state index is 14.3. The fourth-order valence-electron chi connectivity index (χ4n) is 4.72. The third-order valence-electron chi connectivity index (χ3n) is 6.60. The normalized spacial score (nSPS) is 22.6. The van der Waals surface area contributed by atoms with Gasteiger partial charge in [-0.1, -0.05) is 0 Å². The van der Waals surface area contributed by atoms with E-state index in [4.69, 9.17) is 4.74 Å². The number of nitrogens with zero attached hydrogens (tertiary/aromatic N) is 4. The van der Waals surface area contributed by atoms with Gasteiger partial charge in [-0.25, -0.2) is 4.39 Å². The van der Waals surface area contributed by atoms with E-state index in [1.54, 1.807) is 19.2 Å². The first kappa shape index (κ1) is 19.9. The van der Waals surface area contributed by atoms with Crippen LogP contribution >= 0.6 is 0 Å². The topological polar surface area (TPSA) is 50.6 Å². The number of halogens is 1. The number of ether oxygens (including phenoxy) is 1. The van der Waals surface area contributed by atoms with Crippen molar-refractivity contribution >= 4 is 5.91 Å². The zero-order valence-corrected chi connectivity index (χ0v) is 17.4. The molecule has 2 aromatic rings. The van der Waals surface area contributed by atoms with Gasteiger partial charge in [-0.2, -0.15) is 5.10 Å². The van der Waals surface area contributed by atoms with Crippen molar-refractivity contribution in [2.24, 2.45) is 12.5 Å². The predicted octanol–water partition coefficient (Wildman–Crippen LogP) is 2.89. The van der Waals surface area contributed by atoms with E-state index in [1.807, 2.05) is 22.8 Å². The lowest BCUT2D eigenvalue weighted by atomic mass is 9.78. The Bertz CT molecular complexity index is 912. The number of hydrogen-bond acceptors (Lipinski definition) is 4. The number of carbonyl (C=O) groups is 1. The second-order valence-electron chi connectivity index (χ2n) is 8.41. The van der Waals surface area contributed by atoms with Crippen LogP contribution in [0.4, 0.5) is 4.39 Å². The minimum Gasteiger partial charge on any atom is -0.497 e. The highest BCUT2D eigenvalue weighted by molar-refractivity contribution is 5.84. The molecular formula is C22H29FN4O2. The van der Waals surface area contributed by atoms with Crippen LogP contribution in [-0.4, -0.2) is 52.2 Å². The first-order chi connectivity index (χ1) is 13.9. The van der Waals surface area contributed by atoms with Gasteiger partial charge in [0.05, 0.1) is 18.7 Å². The molecule has 2 fully saturated rings. The average Bonchev–Trinajstić information content (AvgIpc) is 3.26. The summed E-state index contributed by atoms with van der Waals surface area (Å²) in [6.45, 7) is 5.53. The largest absolute Gasteiger partial charge is 0.497 e. The van der Waals surface area contributed by atoms with Crippen molar-refractivity contribution in [2.75, 3.05) is 26.7 Å². The molecule has 156 valence electrons. The number of aromatic nitrogens is 2. The monoisotopic (exact) mass is 400 g/mol. The Morgan fingerprint density at radius 1 is 1.21 bits per heavy atom. The standard InChI is InChI=1S/C22H29FN4O2/c1-16-18(12-24-25(16)2)13-26-10-8-22(15-26)7-4-9-27(21(22)28)14-17-11-19(29-3)5-6-20(17)23/h5-6,11-12H,4,7-10,13-15H2,1-3H3. The molecule has 1 unspecified atom stereocenters. The highest BCUT2D eigenvalue weighted by atomic mass is 19.1. The minimum atomic E-state index is -0.344. The molecule has 0 saturated carbocycles.